The van der Waals surface area contributed by atoms with Gasteiger partial charge >= 0.3 is 0 Å². The van der Waals surface area contributed by atoms with Crippen LogP contribution in [0.5, 0.6) is 0 Å². The molecule has 0 spiro atoms. The second-order valence-electron chi connectivity index (χ2n) is 2.76. The van der Waals surface area contributed by atoms with Crippen molar-refractivity contribution >= 4 is 0 Å². The van der Waals surface area contributed by atoms with Crippen molar-refractivity contribution in [2.75, 3.05) is 0 Å². The van der Waals surface area contributed by atoms with E-state index in [4.69, 9.17) is 0 Å². The van der Waals surface area contributed by atoms with Crippen molar-refractivity contribution in [1.29, 1.82) is 0 Å². The third kappa shape index (κ3) is 1.21. The molecule has 0 bridgehead atoms. The lowest BCUT2D eigenvalue weighted by Gasteiger charge is -2.17. The van der Waals surface area contributed by atoms with Gasteiger partial charge in [-0.15, -0.1) is 0 Å². The first kappa shape index (κ1) is 6.93. The molecule has 53 valence electrons. The van der Waals surface area contributed by atoms with Crippen LogP contribution in [0, 0.1) is 5.92 Å². The van der Waals surface area contributed by atoms with Gasteiger partial charge in [-0.1, -0.05) is 0 Å². The van der Waals surface area contributed by atoms with Gasteiger partial charge in [-0.05, 0) is 25.7 Å². The summed E-state index contributed by atoms with van der Waals surface area (Å²) >= 11 is 0. The Bertz CT molecular complexity index is 104. The van der Waals surface area contributed by atoms with Crippen molar-refractivity contribution in [1.82, 2.24) is 0 Å². The van der Waals surface area contributed by atoms with Crippen molar-refractivity contribution in [2.45, 2.75) is 31.8 Å². The summed E-state index contributed by atoms with van der Waals surface area (Å²) in [4.78, 5) is 0. The summed E-state index contributed by atoms with van der Waals surface area (Å²) in [5.74, 6) is -0.266. The van der Waals surface area contributed by atoms with Crippen LogP contribution in [0.1, 0.15) is 19.8 Å². The van der Waals surface area contributed by atoms with Crippen LogP contribution >= 0.6 is 0 Å². The van der Waals surface area contributed by atoms with Crippen LogP contribution in [0.15, 0.2) is 0 Å². The van der Waals surface area contributed by atoms with Crippen molar-refractivity contribution in [3.63, 3.8) is 0 Å². The fourth-order valence-electron chi connectivity index (χ4n) is 0.835. The molecule has 0 saturated heterocycles. The lowest BCUT2D eigenvalue weighted by atomic mass is 10.0. The highest BCUT2D eigenvalue weighted by molar-refractivity contribution is 4.92. The van der Waals surface area contributed by atoms with Crippen LogP contribution in [0.25, 0.3) is 0 Å². The van der Waals surface area contributed by atoms with Crippen molar-refractivity contribution in [3.05, 3.63) is 0 Å². The van der Waals surface area contributed by atoms with E-state index in [0.29, 0.717) is 12.8 Å². The highest BCUT2D eigenvalue weighted by atomic mass is 19.3. The number of halogens is 2. The largest absolute Gasteiger partial charge is 0.270 e. The summed E-state index contributed by atoms with van der Waals surface area (Å²) in [6.07, 6.45) is -1.33. The Labute approximate surface area is 52.7 Å². The summed E-state index contributed by atoms with van der Waals surface area (Å²) in [7, 11) is 0. The molecule has 1 fully saturated rings. The van der Waals surface area contributed by atoms with Crippen LogP contribution in [0.4, 0.5) is 8.78 Å². The predicted octanol–water partition coefficient (Wildman–Crippen LogP) is 1.85. The summed E-state index contributed by atoms with van der Waals surface area (Å²) in [6.45, 7) is 1.09. The molecule has 1 atom stereocenters. The third-order valence-electron chi connectivity index (χ3n) is 1.82. The molecule has 1 nitrogen and oxygen atoms in total. The molecule has 1 aliphatic rings. The maximum absolute atomic E-state index is 11.8. The van der Waals surface area contributed by atoms with Crippen molar-refractivity contribution < 1.29 is 13.9 Å². The van der Waals surface area contributed by atoms with E-state index in [2.05, 4.69) is 0 Å². The zero-order valence-electron chi connectivity index (χ0n) is 5.23. The van der Waals surface area contributed by atoms with Gasteiger partial charge in [0.1, 0.15) is 0 Å². The zero-order chi connectivity index (χ0) is 7.07. The average Bonchev–Trinajstić information content (AvgIpc) is 2.42. The molecule has 1 radical (unpaired) electrons. The summed E-state index contributed by atoms with van der Waals surface area (Å²) in [5.41, 5.74) is -1.97. The fraction of sp³-hybridized carbons (Fsp3) is 1.00. The summed E-state index contributed by atoms with van der Waals surface area (Å²) in [5, 5.41) is 10.8. The minimum atomic E-state index is -2.70. The molecule has 9 heavy (non-hydrogen) atoms. The van der Waals surface area contributed by atoms with E-state index in [9.17, 15) is 13.9 Å². The molecular weight excluding hydrogens is 126 g/mol. The van der Waals surface area contributed by atoms with Crippen molar-refractivity contribution in [3.8, 4) is 0 Å². The maximum atomic E-state index is 11.8. The first-order valence-electron chi connectivity index (χ1n) is 3.03. The lowest BCUT2D eigenvalue weighted by molar-refractivity contribution is -0.139. The Morgan fingerprint density at radius 2 is 2.00 bits per heavy atom. The smallest absolute Gasteiger partial charge is 0.223 e. The Hall–Kier alpha value is -0.180. The SMILES string of the molecule is CC([O])(C(F)F)C1CC1. The first-order valence-corrected chi connectivity index (χ1v) is 3.03. The quantitative estimate of drug-likeness (QED) is 0.550. The van der Waals surface area contributed by atoms with E-state index in [1.54, 1.807) is 0 Å². The molecule has 1 rings (SSSR count). The van der Waals surface area contributed by atoms with E-state index in [-0.39, 0.29) is 5.92 Å². The van der Waals surface area contributed by atoms with Crippen LogP contribution in [-0.2, 0) is 5.11 Å². The number of hydrogen-bond acceptors (Lipinski definition) is 0. The minimum absolute atomic E-state index is 0.266. The summed E-state index contributed by atoms with van der Waals surface area (Å²) in [6, 6.07) is 0. The van der Waals surface area contributed by atoms with E-state index in [1.165, 1.54) is 0 Å². The standard InChI is InChI=1S/C6H9F2O/c1-6(9,5(7)8)4-2-3-4/h4-5H,2-3H2,1H3. The molecular formula is C6H9F2O. The number of rotatable bonds is 2. The molecule has 0 aromatic carbocycles. The molecule has 1 saturated carbocycles. The topological polar surface area (TPSA) is 19.9 Å². The van der Waals surface area contributed by atoms with Crippen LogP contribution in [0.2, 0.25) is 0 Å². The van der Waals surface area contributed by atoms with Gasteiger partial charge in [0.15, 0.2) is 5.60 Å². The van der Waals surface area contributed by atoms with Gasteiger partial charge in [-0.3, -0.25) is 0 Å². The molecule has 0 aromatic heterocycles. The molecule has 0 aliphatic heterocycles. The second-order valence-corrected chi connectivity index (χ2v) is 2.76. The maximum Gasteiger partial charge on any atom is 0.270 e. The summed E-state index contributed by atoms with van der Waals surface area (Å²) < 4.78 is 23.6. The number of alkyl halides is 2. The Morgan fingerprint density at radius 3 is 2.11 bits per heavy atom. The van der Waals surface area contributed by atoms with Gasteiger partial charge in [0, 0.05) is 0 Å². The van der Waals surface area contributed by atoms with Crippen LogP contribution < -0.4 is 0 Å². The van der Waals surface area contributed by atoms with E-state index >= 15 is 0 Å². The first-order chi connectivity index (χ1) is 4.05. The molecule has 1 aliphatic carbocycles. The Morgan fingerprint density at radius 1 is 1.56 bits per heavy atom. The second kappa shape index (κ2) is 1.90. The van der Waals surface area contributed by atoms with Gasteiger partial charge in [0.2, 0.25) is 0 Å². The van der Waals surface area contributed by atoms with Crippen LogP contribution in [-0.4, -0.2) is 12.0 Å². The van der Waals surface area contributed by atoms with E-state index < -0.39 is 12.0 Å². The molecule has 3 heteroatoms. The Balaban J connectivity index is 2.48. The number of hydrogen-bond donors (Lipinski definition) is 0. The van der Waals surface area contributed by atoms with Crippen molar-refractivity contribution in [2.24, 2.45) is 5.92 Å². The van der Waals surface area contributed by atoms with E-state index in [0.717, 1.165) is 6.92 Å². The van der Waals surface area contributed by atoms with Gasteiger partial charge in [-0.25, -0.2) is 13.9 Å². The normalized spacial score (nSPS) is 26.3. The predicted molar refractivity (Wildman–Crippen MR) is 27.8 cm³/mol. The van der Waals surface area contributed by atoms with Gasteiger partial charge < -0.3 is 0 Å². The highest BCUT2D eigenvalue weighted by Gasteiger charge is 2.48. The molecule has 1 unspecified atom stereocenters. The van der Waals surface area contributed by atoms with Gasteiger partial charge in [0.25, 0.3) is 6.43 Å². The van der Waals surface area contributed by atoms with Gasteiger partial charge in [-0.2, -0.15) is 0 Å². The molecule has 0 aromatic rings. The lowest BCUT2D eigenvalue weighted by Crippen LogP contribution is -2.34. The fourth-order valence-corrected chi connectivity index (χ4v) is 0.835. The molecule has 0 heterocycles. The Kier molecular flexibility index (Phi) is 1.47. The monoisotopic (exact) mass is 135 g/mol. The van der Waals surface area contributed by atoms with Gasteiger partial charge in [0.05, 0.1) is 0 Å². The van der Waals surface area contributed by atoms with E-state index in [1.807, 2.05) is 0 Å². The highest BCUT2D eigenvalue weighted by Crippen LogP contribution is 2.42. The molecule has 0 N–H and O–H groups in total. The third-order valence-corrected chi connectivity index (χ3v) is 1.82. The minimum Gasteiger partial charge on any atom is -0.223 e. The zero-order valence-corrected chi connectivity index (χ0v) is 5.23. The molecule has 0 amide bonds. The average molecular weight is 135 g/mol. The van der Waals surface area contributed by atoms with Crippen LogP contribution in [0.3, 0.4) is 0 Å².